The van der Waals surface area contributed by atoms with E-state index < -0.39 is 5.97 Å². The van der Waals surface area contributed by atoms with Crippen LogP contribution in [0.4, 0.5) is 0 Å². The van der Waals surface area contributed by atoms with E-state index in [1.165, 1.54) is 14.0 Å². The van der Waals surface area contributed by atoms with Crippen molar-refractivity contribution in [2.75, 3.05) is 7.11 Å². The van der Waals surface area contributed by atoms with Gasteiger partial charge in [0.15, 0.2) is 5.78 Å². The third-order valence-corrected chi connectivity index (χ3v) is 1.72. The first-order valence-corrected chi connectivity index (χ1v) is 4.47. The van der Waals surface area contributed by atoms with E-state index in [0.29, 0.717) is 6.42 Å². The number of hydrogen-bond donors (Lipinski definition) is 0. The highest BCUT2D eigenvalue weighted by Crippen LogP contribution is 2.05. The maximum Gasteiger partial charge on any atom is 0.345 e. The summed E-state index contributed by atoms with van der Waals surface area (Å²) in [4.78, 5) is 22.3. The molecule has 0 fully saturated rings. The molecule has 0 aromatic heterocycles. The first-order chi connectivity index (χ1) is 6.52. The van der Waals surface area contributed by atoms with Gasteiger partial charge in [-0.2, -0.15) is 0 Å². The lowest BCUT2D eigenvalue weighted by Crippen LogP contribution is -2.19. The monoisotopic (exact) mass is 200 g/mol. The summed E-state index contributed by atoms with van der Waals surface area (Å²) < 4.78 is 9.59. The zero-order chi connectivity index (χ0) is 11.1. The van der Waals surface area contributed by atoms with Gasteiger partial charge in [-0.3, -0.25) is 4.79 Å². The highest BCUT2D eigenvalue weighted by atomic mass is 16.5. The number of rotatable bonds is 5. The van der Waals surface area contributed by atoms with E-state index in [4.69, 9.17) is 4.74 Å². The number of ether oxygens (including phenoxy) is 2. The number of carbonyl (C=O) groups is 2. The normalized spacial score (nSPS) is 13.3. The van der Waals surface area contributed by atoms with Gasteiger partial charge in [0.25, 0.3) is 0 Å². The molecule has 4 nitrogen and oxygen atoms in total. The van der Waals surface area contributed by atoms with Crippen LogP contribution in [0, 0.1) is 0 Å². The van der Waals surface area contributed by atoms with Crippen molar-refractivity contribution in [3.63, 3.8) is 0 Å². The molecule has 4 heteroatoms. The highest BCUT2D eigenvalue weighted by Gasteiger charge is 2.18. The number of ketones is 1. The summed E-state index contributed by atoms with van der Waals surface area (Å²) >= 11 is 0. The van der Waals surface area contributed by atoms with E-state index in [1.807, 2.05) is 6.92 Å². The minimum atomic E-state index is -0.631. The second-order valence-corrected chi connectivity index (χ2v) is 2.95. The van der Waals surface area contributed by atoms with Crippen LogP contribution in [0.15, 0.2) is 11.8 Å². The number of Topliss-reactive ketones (excluding diaryl/α,β-unsaturated/α-hetero) is 1. The average molecular weight is 200 g/mol. The molecule has 0 aliphatic rings. The van der Waals surface area contributed by atoms with Gasteiger partial charge in [-0.05, 0) is 20.3 Å². The number of carbonyl (C=O) groups excluding carboxylic acids is 2. The molecule has 0 aliphatic heterocycles. The van der Waals surface area contributed by atoms with E-state index in [1.54, 1.807) is 6.92 Å². The molecule has 0 saturated heterocycles. The van der Waals surface area contributed by atoms with Crippen molar-refractivity contribution in [1.29, 1.82) is 0 Å². The molecule has 14 heavy (non-hydrogen) atoms. The quantitative estimate of drug-likeness (QED) is 0.221. The Labute approximate surface area is 83.9 Å². The Kier molecular flexibility index (Phi) is 5.60. The number of esters is 1. The molecule has 0 radical (unpaired) electrons. The van der Waals surface area contributed by atoms with Crippen molar-refractivity contribution in [2.45, 2.75) is 33.3 Å². The fourth-order valence-electron chi connectivity index (χ4n) is 0.722. The van der Waals surface area contributed by atoms with E-state index >= 15 is 0 Å². The molecule has 1 unspecified atom stereocenters. The van der Waals surface area contributed by atoms with Crippen LogP contribution in [0.25, 0.3) is 0 Å². The zero-order valence-corrected chi connectivity index (χ0v) is 8.99. The van der Waals surface area contributed by atoms with Crippen molar-refractivity contribution in [1.82, 2.24) is 0 Å². The van der Waals surface area contributed by atoms with Gasteiger partial charge < -0.3 is 9.47 Å². The molecule has 0 bridgehead atoms. The number of methoxy groups -OCH3 is 1. The molecular formula is C10H16O4. The van der Waals surface area contributed by atoms with E-state index in [0.717, 1.165) is 6.26 Å². The van der Waals surface area contributed by atoms with Gasteiger partial charge in [0, 0.05) is 0 Å². The largest absolute Gasteiger partial charge is 0.503 e. The lowest BCUT2D eigenvalue weighted by Gasteiger charge is -2.10. The van der Waals surface area contributed by atoms with Crippen LogP contribution in [0.2, 0.25) is 0 Å². The third kappa shape index (κ3) is 4.07. The topological polar surface area (TPSA) is 52.6 Å². The summed E-state index contributed by atoms with van der Waals surface area (Å²) in [5.41, 5.74) is -0.0622. The molecule has 0 aromatic carbocycles. The van der Waals surface area contributed by atoms with Gasteiger partial charge >= 0.3 is 5.97 Å². The number of hydrogen-bond acceptors (Lipinski definition) is 4. The molecule has 0 N–H and O–H groups in total. The summed E-state index contributed by atoms with van der Waals surface area (Å²) in [6, 6.07) is 0. The summed E-state index contributed by atoms with van der Waals surface area (Å²) in [6.07, 6.45) is 1.62. The van der Waals surface area contributed by atoms with Gasteiger partial charge in [-0.1, -0.05) is 6.92 Å². The molecular weight excluding hydrogens is 184 g/mol. The highest BCUT2D eigenvalue weighted by molar-refractivity contribution is 6.16. The van der Waals surface area contributed by atoms with Gasteiger partial charge in [-0.25, -0.2) is 4.79 Å². The summed E-state index contributed by atoms with van der Waals surface area (Å²) in [6.45, 7) is 4.95. The second-order valence-electron chi connectivity index (χ2n) is 2.95. The van der Waals surface area contributed by atoms with Crippen LogP contribution in [0.3, 0.4) is 0 Å². The standard InChI is InChI=1S/C10H16O4/c1-5-7(2)14-10(12)9(6-13-4)8(3)11/h6-7H,5H2,1-4H3. The molecule has 0 aliphatic carbocycles. The molecule has 0 heterocycles. The lowest BCUT2D eigenvalue weighted by molar-refractivity contribution is -0.144. The fourth-order valence-corrected chi connectivity index (χ4v) is 0.722. The minimum Gasteiger partial charge on any atom is -0.503 e. The van der Waals surface area contributed by atoms with Crippen molar-refractivity contribution < 1.29 is 19.1 Å². The summed E-state index contributed by atoms with van der Waals surface area (Å²) in [5.74, 6) is -0.992. The van der Waals surface area contributed by atoms with Gasteiger partial charge in [0.1, 0.15) is 11.8 Å². The van der Waals surface area contributed by atoms with Crippen LogP contribution in [-0.4, -0.2) is 25.0 Å². The van der Waals surface area contributed by atoms with Crippen molar-refractivity contribution >= 4 is 11.8 Å². The first-order valence-electron chi connectivity index (χ1n) is 4.47. The third-order valence-electron chi connectivity index (χ3n) is 1.72. The summed E-state index contributed by atoms with van der Waals surface area (Å²) in [5, 5.41) is 0. The van der Waals surface area contributed by atoms with Crippen LogP contribution < -0.4 is 0 Å². The van der Waals surface area contributed by atoms with E-state index in [9.17, 15) is 9.59 Å². The maximum absolute atomic E-state index is 11.4. The molecule has 0 spiro atoms. The molecule has 0 rings (SSSR count). The second kappa shape index (κ2) is 6.18. The van der Waals surface area contributed by atoms with Crippen LogP contribution in [-0.2, 0) is 19.1 Å². The Morgan fingerprint density at radius 2 is 2.00 bits per heavy atom. The Morgan fingerprint density at radius 1 is 1.43 bits per heavy atom. The van der Waals surface area contributed by atoms with Crippen LogP contribution >= 0.6 is 0 Å². The Hall–Kier alpha value is -1.32. The smallest absolute Gasteiger partial charge is 0.345 e. The molecule has 0 saturated carbocycles. The SMILES string of the molecule is CCC(C)OC(=O)C(=COC)C(C)=O. The van der Waals surface area contributed by atoms with Gasteiger partial charge in [-0.15, -0.1) is 0 Å². The minimum absolute atomic E-state index is 0.0622. The molecule has 0 amide bonds. The molecule has 80 valence electrons. The lowest BCUT2D eigenvalue weighted by atomic mass is 10.2. The fraction of sp³-hybridized carbons (Fsp3) is 0.600. The first kappa shape index (κ1) is 12.7. The predicted octanol–water partition coefficient (Wildman–Crippen LogP) is 1.45. The van der Waals surface area contributed by atoms with Crippen molar-refractivity contribution in [3.05, 3.63) is 11.8 Å². The van der Waals surface area contributed by atoms with Crippen molar-refractivity contribution in [3.8, 4) is 0 Å². The van der Waals surface area contributed by atoms with Crippen LogP contribution in [0.1, 0.15) is 27.2 Å². The summed E-state index contributed by atoms with van der Waals surface area (Å²) in [7, 11) is 1.37. The average Bonchev–Trinajstić information content (AvgIpc) is 2.13. The molecule has 1 atom stereocenters. The predicted molar refractivity (Wildman–Crippen MR) is 51.6 cm³/mol. The van der Waals surface area contributed by atoms with Gasteiger partial charge in [0.2, 0.25) is 0 Å². The van der Waals surface area contributed by atoms with Gasteiger partial charge in [0.05, 0.1) is 13.2 Å². The van der Waals surface area contributed by atoms with Crippen molar-refractivity contribution in [2.24, 2.45) is 0 Å². The maximum atomic E-state index is 11.4. The Balaban J connectivity index is 4.46. The van der Waals surface area contributed by atoms with E-state index in [2.05, 4.69) is 4.74 Å². The Morgan fingerprint density at radius 3 is 2.36 bits per heavy atom. The zero-order valence-electron chi connectivity index (χ0n) is 8.99. The molecule has 0 aromatic rings. The Bertz CT molecular complexity index is 243. The van der Waals surface area contributed by atoms with E-state index in [-0.39, 0.29) is 17.5 Å². The van der Waals surface area contributed by atoms with Crippen LogP contribution in [0.5, 0.6) is 0 Å².